The Morgan fingerprint density at radius 1 is 1.24 bits per heavy atom. The molecule has 0 spiro atoms. The highest BCUT2D eigenvalue weighted by molar-refractivity contribution is 6.10. The Labute approximate surface area is 122 Å². The second kappa shape index (κ2) is 6.17. The van der Waals surface area contributed by atoms with Crippen molar-refractivity contribution in [2.45, 2.75) is 6.92 Å². The fourth-order valence-electron chi connectivity index (χ4n) is 1.89. The summed E-state index contributed by atoms with van der Waals surface area (Å²) in [7, 11) is 2.89. The van der Waals surface area contributed by atoms with E-state index >= 15 is 0 Å². The van der Waals surface area contributed by atoms with E-state index in [0.29, 0.717) is 11.5 Å². The monoisotopic (exact) mass is 288 g/mol. The zero-order valence-electron chi connectivity index (χ0n) is 12.0. The minimum Gasteiger partial charge on any atom is -0.507 e. The molecular formula is C16H16O5. The highest BCUT2D eigenvalue weighted by Crippen LogP contribution is 2.33. The maximum atomic E-state index is 12.2. The van der Waals surface area contributed by atoms with Crippen molar-refractivity contribution in [3.05, 3.63) is 47.4 Å². The molecule has 1 heterocycles. The van der Waals surface area contributed by atoms with Gasteiger partial charge >= 0.3 is 0 Å². The maximum absolute atomic E-state index is 12.2. The van der Waals surface area contributed by atoms with Gasteiger partial charge in [0.15, 0.2) is 5.78 Å². The van der Waals surface area contributed by atoms with Crippen LogP contribution in [-0.2, 0) is 0 Å². The summed E-state index contributed by atoms with van der Waals surface area (Å²) in [5.74, 6) is 1.39. The third-order valence-corrected chi connectivity index (χ3v) is 2.92. The number of ketones is 1. The normalized spacial score (nSPS) is 10.8. The molecule has 0 atom stereocenters. The Hall–Kier alpha value is -2.69. The van der Waals surface area contributed by atoms with E-state index in [1.807, 2.05) is 6.92 Å². The molecule has 0 unspecified atom stereocenters. The Morgan fingerprint density at radius 2 is 2.00 bits per heavy atom. The molecule has 5 nitrogen and oxygen atoms in total. The van der Waals surface area contributed by atoms with E-state index in [-0.39, 0.29) is 22.8 Å². The Balaban J connectivity index is 2.32. The van der Waals surface area contributed by atoms with Crippen LogP contribution in [0.15, 0.2) is 34.8 Å². The van der Waals surface area contributed by atoms with Gasteiger partial charge in [-0.25, -0.2) is 0 Å². The van der Waals surface area contributed by atoms with Gasteiger partial charge in [-0.3, -0.25) is 4.79 Å². The number of ether oxygens (including phenoxy) is 2. The smallest absolute Gasteiger partial charge is 0.193 e. The molecule has 0 saturated carbocycles. The first-order valence-corrected chi connectivity index (χ1v) is 6.29. The van der Waals surface area contributed by atoms with Gasteiger partial charge in [-0.1, -0.05) is 0 Å². The summed E-state index contributed by atoms with van der Waals surface area (Å²) >= 11 is 0. The van der Waals surface area contributed by atoms with Gasteiger partial charge in [0.05, 0.1) is 14.2 Å². The number of phenolic OH excluding ortho intramolecular Hbond substituents is 1. The van der Waals surface area contributed by atoms with Crippen LogP contribution in [0.1, 0.15) is 21.9 Å². The molecule has 110 valence electrons. The molecule has 0 aliphatic heterocycles. The van der Waals surface area contributed by atoms with Crippen LogP contribution in [0.25, 0.3) is 6.08 Å². The van der Waals surface area contributed by atoms with Crippen molar-refractivity contribution in [2.24, 2.45) is 0 Å². The standard InChI is InChI=1S/C16H16O5/c1-10-4-5-11(21-10)6-7-13(17)16-14(18)8-12(19-2)9-15(16)20-3/h4-9,18H,1-3H3. The Bertz CT molecular complexity index is 682. The average Bonchev–Trinajstić information content (AvgIpc) is 2.89. The summed E-state index contributed by atoms with van der Waals surface area (Å²) in [5, 5.41) is 9.97. The number of aryl methyl sites for hydroxylation is 1. The van der Waals surface area contributed by atoms with Crippen LogP contribution in [0.2, 0.25) is 0 Å². The number of aromatic hydroxyl groups is 1. The van der Waals surface area contributed by atoms with Crippen molar-refractivity contribution in [2.75, 3.05) is 14.2 Å². The Morgan fingerprint density at radius 3 is 2.57 bits per heavy atom. The van der Waals surface area contributed by atoms with Crippen LogP contribution in [0, 0.1) is 6.92 Å². The summed E-state index contributed by atoms with van der Waals surface area (Å²) in [5.41, 5.74) is 0.0813. The number of benzene rings is 1. The minimum absolute atomic E-state index is 0.0813. The number of rotatable bonds is 5. The molecule has 0 radical (unpaired) electrons. The molecule has 0 fully saturated rings. The lowest BCUT2D eigenvalue weighted by Gasteiger charge is -2.10. The second-order valence-electron chi connectivity index (χ2n) is 4.37. The molecule has 2 aromatic rings. The summed E-state index contributed by atoms with van der Waals surface area (Å²) in [6, 6.07) is 6.46. The van der Waals surface area contributed by atoms with E-state index in [4.69, 9.17) is 13.9 Å². The zero-order chi connectivity index (χ0) is 15.4. The van der Waals surface area contributed by atoms with Crippen molar-refractivity contribution >= 4 is 11.9 Å². The highest BCUT2D eigenvalue weighted by atomic mass is 16.5. The molecule has 0 bridgehead atoms. The van der Waals surface area contributed by atoms with Crippen LogP contribution in [0.3, 0.4) is 0 Å². The lowest BCUT2D eigenvalue weighted by atomic mass is 10.1. The van der Waals surface area contributed by atoms with Gasteiger partial charge in [0.25, 0.3) is 0 Å². The first-order valence-electron chi connectivity index (χ1n) is 6.29. The van der Waals surface area contributed by atoms with Crippen LogP contribution >= 0.6 is 0 Å². The summed E-state index contributed by atoms with van der Waals surface area (Å²) < 4.78 is 15.5. The number of carbonyl (C=O) groups is 1. The number of methoxy groups -OCH3 is 2. The molecule has 0 amide bonds. The van der Waals surface area contributed by atoms with E-state index in [1.54, 1.807) is 18.2 Å². The minimum atomic E-state index is -0.388. The van der Waals surface area contributed by atoms with E-state index < -0.39 is 0 Å². The van der Waals surface area contributed by atoms with E-state index in [1.165, 1.54) is 32.4 Å². The molecule has 5 heteroatoms. The number of carbonyl (C=O) groups excluding carboxylic acids is 1. The molecule has 1 N–H and O–H groups in total. The number of hydrogen-bond donors (Lipinski definition) is 1. The molecule has 21 heavy (non-hydrogen) atoms. The summed E-state index contributed by atoms with van der Waals surface area (Å²) in [6.45, 7) is 1.82. The van der Waals surface area contributed by atoms with Crippen molar-refractivity contribution in [3.8, 4) is 17.2 Å². The predicted molar refractivity (Wildman–Crippen MR) is 78.0 cm³/mol. The maximum Gasteiger partial charge on any atom is 0.193 e. The van der Waals surface area contributed by atoms with Gasteiger partial charge in [-0.15, -0.1) is 0 Å². The molecule has 2 rings (SSSR count). The number of phenols is 1. The van der Waals surface area contributed by atoms with E-state index in [0.717, 1.165) is 5.76 Å². The van der Waals surface area contributed by atoms with Crippen LogP contribution in [0.4, 0.5) is 0 Å². The van der Waals surface area contributed by atoms with Gasteiger partial charge in [0, 0.05) is 12.1 Å². The SMILES string of the molecule is COc1cc(O)c(C(=O)C=Cc2ccc(C)o2)c(OC)c1. The molecule has 1 aromatic heterocycles. The van der Waals surface area contributed by atoms with E-state index in [9.17, 15) is 9.90 Å². The average molecular weight is 288 g/mol. The van der Waals surface area contributed by atoms with Crippen LogP contribution in [0.5, 0.6) is 17.2 Å². The second-order valence-corrected chi connectivity index (χ2v) is 4.37. The summed E-state index contributed by atoms with van der Waals surface area (Å²) in [6.07, 6.45) is 2.86. The topological polar surface area (TPSA) is 68.9 Å². The fraction of sp³-hybridized carbons (Fsp3) is 0.188. The van der Waals surface area contributed by atoms with Gasteiger partial charge in [0.2, 0.25) is 0 Å². The first-order chi connectivity index (χ1) is 10.0. The van der Waals surface area contributed by atoms with Crippen molar-refractivity contribution in [1.29, 1.82) is 0 Å². The third kappa shape index (κ3) is 3.25. The molecule has 1 aromatic carbocycles. The molecular weight excluding hydrogens is 272 g/mol. The number of furan rings is 1. The Kier molecular flexibility index (Phi) is 4.33. The van der Waals surface area contributed by atoms with Gasteiger partial charge in [-0.05, 0) is 31.2 Å². The highest BCUT2D eigenvalue weighted by Gasteiger charge is 2.17. The fourth-order valence-corrected chi connectivity index (χ4v) is 1.89. The van der Waals surface area contributed by atoms with Crippen molar-refractivity contribution in [1.82, 2.24) is 0 Å². The summed E-state index contributed by atoms with van der Waals surface area (Å²) in [4.78, 5) is 12.2. The molecule has 0 saturated heterocycles. The largest absolute Gasteiger partial charge is 0.507 e. The van der Waals surface area contributed by atoms with Crippen LogP contribution < -0.4 is 9.47 Å². The molecule has 0 aliphatic carbocycles. The lowest BCUT2D eigenvalue weighted by molar-refractivity contribution is 0.104. The third-order valence-electron chi connectivity index (χ3n) is 2.92. The van der Waals surface area contributed by atoms with E-state index in [2.05, 4.69) is 0 Å². The van der Waals surface area contributed by atoms with Crippen LogP contribution in [-0.4, -0.2) is 25.1 Å². The number of hydrogen-bond acceptors (Lipinski definition) is 5. The number of allylic oxidation sites excluding steroid dienone is 1. The molecule has 0 aliphatic rings. The zero-order valence-corrected chi connectivity index (χ0v) is 12.0. The van der Waals surface area contributed by atoms with Gasteiger partial charge in [-0.2, -0.15) is 0 Å². The van der Waals surface area contributed by atoms with Crippen molar-refractivity contribution in [3.63, 3.8) is 0 Å². The first kappa shape index (κ1) is 14.7. The van der Waals surface area contributed by atoms with Gasteiger partial charge in [0.1, 0.15) is 34.3 Å². The van der Waals surface area contributed by atoms with Crippen molar-refractivity contribution < 1.29 is 23.8 Å². The van der Waals surface area contributed by atoms with Gasteiger partial charge < -0.3 is 19.0 Å². The lowest BCUT2D eigenvalue weighted by Crippen LogP contribution is -2.00. The quantitative estimate of drug-likeness (QED) is 0.676. The predicted octanol–water partition coefficient (Wildman–Crippen LogP) is 3.21.